The van der Waals surface area contributed by atoms with Crippen molar-refractivity contribution in [2.75, 3.05) is 14.2 Å². The van der Waals surface area contributed by atoms with E-state index < -0.39 is 12.0 Å². The Balaban J connectivity index is 1.99. The van der Waals surface area contributed by atoms with Crippen molar-refractivity contribution in [3.63, 3.8) is 0 Å². The summed E-state index contributed by atoms with van der Waals surface area (Å²) in [6, 6.07) is 10.5. The number of nitrogens with zero attached hydrogens (tertiary/aromatic N) is 2. The summed E-state index contributed by atoms with van der Waals surface area (Å²) in [4.78, 5) is 32.3. The summed E-state index contributed by atoms with van der Waals surface area (Å²) in [7, 11) is 3.18. The number of halogens is 1. The molecule has 1 atom stereocenters. The minimum atomic E-state index is -0.769. The van der Waals surface area contributed by atoms with Crippen LogP contribution < -0.4 is 24.4 Å². The number of aryl methyl sites for hydroxylation is 1. The Labute approximate surface area is 221 Å². The second-order valence-corrected chi connectivity index (χ2v) is 10.6. The molecule has 4 rings (SSSR count). The Hall–Kier alpha value is -3.17. The predicted octanol–water partition coefficient (Wildman–Crippen LogP) is 4.27. The third-order valence-electron chi connectivity index (χ3n) is 5.80. The summed E-state index contributed by atoms with van der Waals surface area (Å²) in [6.45, 7) is 7.29. The van der Waals surface area contributed by atoms with E-state index in [1.54, 1.807) is 45.6 Å². The first-order chi connectivity index (χ1) is 17.1. The molecule has 2 heterocycles. The quantitative estimate of drug-likeness (QED) is 0.413. The topological polar surface area (TPSA) is 79.1 Å². The highest BCUT2D eigenvalue weighted by molar-refractivity contribution is 9.10. The molecule has 1 aliphatic heterocycles. The molecule has 9 heteroatoms. The average molecular weight is 571 g/mol. The Bertz CT molecular complexity index is 1550. The number of hydrogen-bond donors (Lipinski definition) is 0. The van der Waals surface area contributed by atoms with Crippen molar-refractivity contribution in [1.29, 1.82) is 0 Å². The van der Waals surface area contributed by atoms with Gasteiger partial charge in [-0.05, 0) is 69.2 Å². The number of methoxy groups -OCH3 is 2. The van der Waals surface area contributed by atoms with Crippen LogP contribution >= 0.6 is 27.3 Å². The van der Waals surface area contributed by atoms with Gasteiger partial charge in [0.15, 0.2) is 4.80 Å². The lowest BCUT2D eigenvalue weighted by Crippen LogP contribution is -2.40. The maximum atomic E-state index is 13.8. The van der Waals surface area contributed by atoms with E-state index in [0.717, 1.165) is 21.3 Å². The van der Waals surface area contributed by atoms with Gasteiger partial charge in [0.1, 0.15) is 17.5 Å². The number of ether oxygens (including phenoxy) is 3. The van der Waals surface area contributed by atoms with Crippen molar-refractivity contribution in [1.82, 2.24) is 4.57 Å². The monoisotopic (exact) mass is 570 g/mol. The van der Waals surface area contributed by atoms with Gasteiger partial charge < -0.3 is 14.2 Å². The molecule has 1 aromatic heterocycles. The highest BCUT2D eigenvalue weighted by atomic mass is 79.9. The smallest absolute Gasteiger partial charge is 0.338 e. The molecule has 0 radical (unpaired) electrons. The molecule has 0 fully saturated rings. The Morgan fingerprint density at radius 1 is 1.11 bits per heavy atom. The van der Waals surface area contributed by atoms with Crippen LogP contribution in [-0.2, 0) is 9.53 Å². The predicted molar refractivity (Wildman–Crippen MR) is 143 cm³/mol. The van der Waals surface area contributed by atoms with Gasteiger partial charge in [0.2, 0.25) is 0 Å². The van der Waals surface area contributed by atoms with Crippen LogP contribution in [0.1, 0.15) is 43.5 Å². The first-order valence-electron chi connectivity index (χ1n) is 11.4. The SMILES string of the molecule is COc1cc(/C=c2\sc3n(c2=O)[C@@H](c2cc(Br)ccc2OC)C(C(=O)OC(C)C)=C(C)N=3)ccc1C. The van der Waals surface area contributed by atoms with Crippen LogP contribution in [0.5, 0.6) is 11.5 Å². The number of rotatable bonds is 6. The first kappa shape index (κ1) is 25.9. The van der Waals surface area contributed by atoms with E-state index in [1.165, 1.54) is 11.3 Å². The molecule has 3 aromatic rings. The van der Waals surface area contributed by atoms with Gasteiger partial charge in [-0.15, -0.1) is 0 Å². The van der Waals surface area contributed by atoms with Crippen molar-refractivity contribution in [2.45, 2.75) is 39.8 Å². The summed E-state index contributed by atoms with van der Waals surface area (Å²) in [5, 5.41) is 0. The first-order valence-corrected chi connectivity index (χ1v) is 13.0. The molecule has 0 unspecified atom stereocenters. The summed E-state index contributed by atoms with van der Waals surface area (Å²) in [5.74, 6) is 0.768. The number of esters is 1. The summed E-state index contributed by atoms with van der Waals surface area (Å²) < 4.78 is 19.5. The molecule has 2 aromatic carbocycles. The average Bonchev–Trinajstić information content (AvgIpc) is 3.13. The van der Waals surface area contributed by atoms with E-state index >= 15 is 0 Å². The zero-order valence-electron chi connectivity index (χ0n) is 20.9. The minimum Gasteiger partial charge on any atom is -0.496 e. The molecule has 36 heavy (non-hydrogen) atoms. The molecular formula is C27H27BrN2O5S. The second kappa shape index (κ2) is 10.4. The van der Waals surface area contributed by atoms with Gasteiger partial charge in [0.05, 0.1) is 36.1 Å². The number of carbonyl (C=O) groups is 1. The number of fused-ring (bicyclic) bond motifs is 1. The molecule has 0 spiro atoms. The standard InChI is InChI=1S/C27H27BrN2O5S/c1-14(2)35-26(32)23-16(4)29-27-30(24(23)19-13-18(28)9-10-20(19)33-5)25(31)22(36-27)12-17-8-7-15(3)21(11-17)34-6/h7-14,24H,1-6H3/b22-12-/t24-/m0/s1. The maximum Gasteiger partial charge on any atom is 0.338 e. The number of thiazole rings is 1. The third-order valence-corrected chi connectivity index (χ3v) is 7.28. The van der Waals surface area contributed by atoms with Gasteiger partial charge in [-0.1, -0.05) is 39.4 Å². The number of allylic oxidation sites excluding steroid dienone is 1. The number of aromatic nitrogens is 1. The fourth-order valence-electron chi connectivity index (χ4n) is 4.15. The molecule has 0 N–H and O–H groups in total. The minimum absolute atomic E-state index is 0.257. The van der Waals surface area contributed by atoms with Gasteiger partial charge in [-0.25, -0.2) is 9.79 Å². The lowest BCUT2D eigenvalue weighted by molar-refractivity contribution is -0.143. The fourth-order valence-corrected chi connectivity index (χ4v) is 5.58. The molecule has 0 aliphatic carbocycles. The van der Waals surface area contributed by atoms with Gasteiger partial charge in [-0.3, -0.25) is 9.36 Å². The number of hydrogen-bond acceptors (Lipinski definition) is 7. The van der Waals surface area contributed by atoms with Crippen LogP contribution in [0.3, 0.4) is 0 Å². The van der Waals surface area contributed by atoms with E-state index in [4.69, 9.17) is 14.2 Å². The van der Waals surface area contributed by atoms with E-state index in [0.29, 0.717) is 31.9 Å². The van der Waals surface area contributed by atoms with Crippen LogP contribution in [-0.4, -0.2) is 30.9 Å². The van der Waals surface area contributed by atoms with Gasteiger partial charge in [-0.2, -0.15) is 0 Å². The van der Waals surface area contributed by atoms with Gasteiger partial charge >= 0.3 is 5.97 Å². The highest BCUT2D eigenvalue weighted by Gasteiger charge is 2.35. The van der Waals surface area contributed by atoms with Crippen LogP contribution in [0, 0.1) is 6.92 Å². The Kier molecular flexibility index (Phi) is 7.51. The van der Waals surface area contributed by atoms with Crippen molar-refractivity contribution >= 4 is 39.3 Å². The van der Waals surface area contributed by atoms with Crippen molar-refractivity contribution in [2.24, 2.45) is 4.99 Å². The molecule has 0 saturated carbocycles. The van der Waals surface area contributed by atoms with E-state index in [9.17, 15) is 9.59 Å². The van der Waals surface area contributed by atoms with Crippen molar-refractivity contribution < 1.29 is 19.0 Å². The van der Waals surface area contributed by atoms with Gasteiger partial charge in [0, 0.05) is 10.0 Å². The molecular weight excluding hydrogens is 544 g/mol. The zero-order valence-corrected chi connectivity index (χ0v) is 23.3. The lowest BCUT2D eigenvalue weighted by atomic mass is 9.95. The van der Waals surface area contributed by atoms with Crippen LogP contribution in [0.2, 0.25) is 0 Å². The molecule has 1 aliphatic rings. The van der Waals surface area contributed by atoms with Crippen molar-refractivity contribution in [3.05, 3.63) is 88.5 Å². The number of benzene rings is 2. The van der Waals surface area contributed by atoms with E-state index in [1.807, 2.05) is 43.3 Å². The fraction of sp³-hybridized carbons (Fsp3) is 0.296. The molecule has 0 amide bonds. The summed E-state index contributed by atoms with van der Waals surface area (Å²) >= 11 is 4.79. The van der Waals surface area contributed by atoms with Crippen molar-refractivity contribution in [3.8, 4) is 11.5 Å². The molecule has 7 nitrogen and oxygen atoms in total. The highest BCUT2D eigenvalue weighted by Crippen LogP contribution is 2.37. The maximum absolute atomic E-state index is 13.8. The summed E-state index contributed by atoms with van der Waals surface area (Å²) in [5.41, 5.74) is 3.03. The van der Waals surface area contributed by atoms with Crippen LogP contribution in [0.4, 0.5) is 0 Å². The number of carbonyl (C=O) groups excluding carboxylic acids is 1. The second-order valence-electron chi connectivity index (χ2n) is 8.65. The van der Waals surface area contributed by atoms with E-state index in [-0.39, 0.29) is 11.7 Å². The normalized spacial score (nSPS) is 15.6. The van der Waals surface area contributed by atoms with Crippen LogP contribution in [0.25, 0.3) is 6.08 Å². The van der Waals surface area contributed by atoms with Crippen LogP contribution in [0.15, 0.2) is 61.9 Å². The zero-order chi connectivity index (χ0) is 26.1. The summed E-state index contributed by atoms with van der Waals surface area (Å²) in [6.07, 6.45) is 1.48. The third kappa shape index (κ3) is 4.90. The Morgan fingerprint density at radius 2 is 1.83 bits per heavy atom. The van der Waals surface area contributed by atoms with E-state index in [2.05, 4.69) is 20.9 Å². The van der Waals surface area contributed by atoms with Gasteiger partial charge in [0.25, 0.3) is 5.56 Å². The molecule has 0 bridgehead atoms. The molecule has 188 valence electrons. The lowest BCUT2D eigenvalue weighted by Gasteiger charge is -2.26. The largest absolute Gasteiger partial charge is 0.496 e. The molecule has 0 saturated heterocycles. The Morgan fingerprint density at radius 3 is 2.50 bits per heavy atom.